The topological polar surface area (TPSA) is 56.7 Å². The first-order valence-corrected chi connectivity index (χ1v) is 6.34. The van der Waals surface area contributed by atoms with Gasteiger partial charge in [0.25, 0.3) is 11.8 Å². The summed E-state index contributed by atoms with van der Waals surface area (Å²) in [5, 5.41) is 6.16. The van der Waals surface area contributed by atoms with Crippen LogP contribution >= 0.6 is 23.9 Å². The lowest BCUT2D eigenvalue weighted by Gasteiger charge is -1.97. The molecule has 0 bridgehead atoms. The van der Waals surface area contributed by atoms with Crippen LogP contribution in [0.25, 0.3) is 22.5 Å². The summed E-state index contributed by atoms with van der Waals surface area (Å²) in [5.41, 5.74) is 0.170. The van der Waals surface area contributed by atoms with E-state index >= 15 is 0 Å². The highest BCUT2D eigenvalue weighted by molar-refractivity contribution is 7.92. The minimum absolute atomic E-state index is 0.0519. The lowest BCUT2D eigenvalue weighted by Crippen LogP contribution is -1.86. The predicted molar refractivity (Wildman–Crippen MR) is 67.0 cm³/mol. The highest BCUT2D eigenvalue weighted by Gasteiger charge is 2.22. The molecule has 3 rings (SSSR count). The molecule has 0 N–H and O–H groups in total. The second-order valence-corrected chi connectivity index (χ2v) is 4.70. The minimum atomic E-state index is -2.94. The van der Waals surface area contributed by atoms with Gasteiger partial charge in [-0.05, 0) is 0 Å². The molecule has 0 fully saturated rings. The van der Waals surface area contributed by atoms with Crippen molar-refractivity contribution in [2.75, 3.05) is 0 Å². The maximum atomic E-state index is 13.4. The molecular weight excluding hydrogens is 336 g/mol. The molecule has 0 aliphatic carbocycles. The zero-order valence-corrected chi connectivity index (χ0v) is 11.3. The highest BCUT2D eigenvalue weighted by atomic mass is 35.5. The van der Waals surface area contributed by atoms with Crippen LogP contribution in [0.2, 0.25) is 5.15 Å². The van der Waals surface area contributed by atoms with Crippen LogP contribution in [-0.4, -0.2) is 19.2 Å². The summed E-state index contributed by atoms with van der Waals surface area (Å²) in [6.07, 6.45) is -1.77. The fourth-order valence-corrected chi connectivity index (χ4v) is 2.21. The summed E-state index contributed by atoms with van der Waals surface area (Å²) in [4.78, 5) is 3.75. The van der Waals surface area contributed by atoms with Crippen LogP contribution in [-0.2, 0) is 0 Å². The number of fused-ring (bicyclic) bond motifs is 1. The molecular formula is C10H3ClF4N4OS. The standard InChI is InChI=1S/C10H3ClF4N4OS/c11-7-4(12)1-5-6(16-7)3(2-19(5)21-15)9-17-18-10(20-9)8(13)14/h1-2,8H. The predicted octanol–water partition coefficient (Wildman–Crippen LogP) is 4.20. The maximum Gasteiger partial charge on any atom is 0.314 e. The SMILES string of the molecule is FSn1cc(-c2nnc(C(F)F)o2)c2nc(Cl)c(F)cc21. The first kappa shape index (κ1) is 14.1. The Morgan fingerprint density at radius 2 is 2.10 bits per heavy atom. The Kier molecular flexibility index (Phi) is 3.49. The molecule has 0 aliphatic rings. The smallest absolute Gasteiger partial charge is 0.314 e. The molecule has 21 heavy (non-hydrogen) atoms. The Hall–Kier alpha value is -1.81. The molecule has 0 atom stereocenters. The van der Waals surface area contributed by atoms with Gasteiger partial charge in [0.15, 0.2) is 23.3 Å². The molecule has 5 nitrogen and oxygen atoms in total. The Balaban J connectivity index is 2.24. The molecule has 0 saturated carbocycles. The van der Waals surface area contributed by atoms with E-state index in [1.54, 1.807) is 0 Å². The van der Waals surface area contributed by atoms with Crippen LogP contribution in [0.3, 0.4) is 0 Å². The largest absolute Gasteiger partial charge is 0.415 e. The van der Waals surface area contributed by atoms with Crippen molar-refractivity contribution in [2.24, 2.45) is 0 Å². The van der Waals surface area contributed by atoms with Crippen molar-refractivity contribution in [2.45, 2.75) is 6.43 Å². The second kappa shape index (κ2) is 5.19. The molecule has 0 unspecified atom stereocenters. The van der Waals surface area contributed by atoms with Crippen molar-refractivity contribution in [1.82, 2.24) is 19.2 Å². The van der Waals surface area contributed by atoms with Crippen LogP contribution in [0.15, 0.2) is 16.7 Å². The number of hydrogen-bond donors (Lipinski definition) is 0. The molecule has 0 amide bonds. The van der Waals surface area contributed by atoms with E-state index in [1.807, 2.05) is 0 Å². The van der Waals surface area contributed by atoms with Crippen LogP contribution in [0, 0.1) is 5.82 Å². The van der Waals surface area contributed by atoms with Gasteiger partial charge in [-0.25, -0.2) is 9.37 Å². The number of hydrogen-bond acceptors (Lipinski definition) is 5. The molecule has 110 valence electrons. The number of aromatic nitrogens is 4. The van der Waals surface area contributed by atoms with Gasteiger partial charge >= 0.3 is 6.43 Å². The van der Waals surface area contributed by atoms with E-state index in [-0.39, 0.29) is 34.8 Å². The molecule has 0 aliphatic heterocycles. The van der Waals surface area contributed by atoms with Gasteiger partial charge in [-0.2, -0.15) is 8.78 Å². The molecule has 3 aromatic heterocycles. The summed E-state index contributed by atoms with van der Waals surface area (Å²) < 4.78 is 56.9. The number of rotatable bonds is 3. The molecule has 0 spiro atoms. The van der Waals surface area contributed by atoms with Crippen molar-refractivity contribution in [3.8, 4) is 11.5 Å². The Labute approximate surface area is 123 Å². The molecule has 11 heteroatoms. The van der Waals surface area contributed by atoms with E-state index in [0.717, 1.165) is 10.0 Å². The fourth-order valence-electron chi connectivity index (χ4n) is 1.72. The molecule has 0 radical (unpaired) electrons. The Morgan fingerprint density at radius 1 is 1.33 bits per heavy atom. The van der Waals surface area contributed by atoms with Crippen molar-refractivity contribution < 1.29 is 21.5 Å². The van der Waals surface area contributed by atoms with Gasteiger partial charge in [-0.15, -0.1) is 14.1 Å². The summed E-state index contributed by atoms with van der Waals surface area (Å²) in [6, 6.07) is 0.963. The van der Waals surface area contributed by atoms with Gasteiger partial charge in [0.2, 0.25) is 0 Å². The van der Waals surface area contributed by atoms with Crippen molar-refractivity contribution in [3.63, 3.8) is 0 Å². The third kappa shape index (κ3) is 2.33. The summed E-state index contributed by atoms with van der Waals surface area (Å²) in [5.74, 6) is -2.02. The fraction of sp³-hybridized carbons (Fsp3) is 0.100. The average Bonchev–Trinajstić information content (AvgIpc) is 3.04. The second-order valence-electron chi connectivity index (χ2n) is 3.81. The molecule has 0 aromatic carbocycles. The number of pyridine rings is 1. The molecule has 3 heterocycles. The van der Waals surface area contributed by atoms with E-state index in [0.29, 0.717) is 0 Å². The summed E-state index contributed by atoms with van der Waals surface area (Å²) in [6.45, 7) is 0. The zero-order chi connectivity index (χ0) is 15.1. The van der Waals surface area contributed by atoms with E-state index in [4.69, 9.17) is 16.0 Å². The normalized spacial score (nSPS) is 11.7. The minimum Gasteiger partial charge on any atom is -0.415 e. The van der Waals surface area contributed by atoms with Gasteiger partial charge in [-0.3, -0.25) is 3.97 Å². The van der Waals surface area contributed by atoms with E-state index in [9.17, 15) is 17.1 Å². The van der Waals surface area contributed by atoms with Crippen molar-refractivity contribution in [3.05, 3.63) is 29.1 Å². The van der Waals surface area contributed by atoms with Crippen LogP contribution in [0.5, 0.6) is 0 Å². The molecule has 3 aromatic rings. The van der Waals surface area contributed by atoms with Crippen LogP contribution in [0.1, 0.15) is 12.3 Å². The van der Waals surface area contributed by atoms with E-state index < -0.39 is 23.3 Å². The maximum absolute atomic E-state index is 13.4. The monoisotopic (exact) mass is 338 g/mol. The van der Waals surface area contributed by atoms with Crippen molar-refractivity contribution >= 4 is 35.0 Å². The lowest BCUT2D eigenvalue weighted by molar-refractivity contribution is 0.116. The number of halogens is 5. The first-order chi connectivity index (χ1) is 10.0. The lowest BCUT2D eigenvalue weighted by atomic mass is 10.2. The van der Waals surface area contributed by atoms with E-state index in [2.05, 4.69) is 15.2 Å². The number of alkyl halides is 2. The van der Waals surface area contributed by atoms with Gasteiger partial charge in [0, 0.05) is 12.3 Å². The van der Waals surface area contributed by atoms with Gasteiger partial charge in [-0.1, -0.05) is 11.6 Å². The average molecular weight is 339 g/mol. The molecule has 0 saturated heterocycles. The van der Waals surface area contributed by atoms with Crippen LogP contribution < -0.4 is 0 Å². The van der Waals surface area contributed by atoms with E-state index in [1.165, 1.54) is 6.20 Å². The van der Waals surface area contributed by atoms with Crippen molar-refractivity contribution in [1.29, 1.82) is 0 Å². The van der Waals surface area contributed by atoms with Gasteiger partial charge < -0.3 is 4.42 Å². The third-order valence-electron chi connectivity index (χ3n) is 2.58. The van der Waals surface area contributed by atoms with Crippen LogP contribution in [0.4, 0.5) is 17.1 Å². The summed E-state index contributed by atoms with van der Waals surface area (Å²) >= 11 is 5.34. The number of nitrogens with zero attached hydrogens (tertiary/aromatic N) is 4. The zero-order valence-electron chi connectivity index (χ0n) is 9.73. The van der Waals surface area contributed by atoms with Gasteiger partial charge in [0.1, 0.15) is 5.52 Å². The Morgan fingerprint density at radius 3 is 2.71 bits per heavy atom. The quantitative estimate of drug-likeness (QED) is 0.529. The first-order valence-electron chi connectivity index (χ1n) is 5.29. The Bertz CT molecular complexity index is 821. The highest BCUT2D eigenvalue weighted by Crippen LogP contribution is 2.34. The summed E-state index contributed by atoms with van der Waals surface area (Å²) in [7, 11) is 0. The third-order valence-corrected chi connectivity index (χ3v) is 3.30. The van der Waals surface area contributed by atoms with Gasteiger partial charge in [0.05, 0.1) is 11.1 Å².